The highest BCUT2D eigenvalue weighted by Crippen LogP contribution is 2.31. The Balaban J connectivity index is 1.85. The van der Waals surface area contributed by atoms with Gasteiger partial charge in [0.2, 0.25) is 0 Å². The Hall–Kier alpha value is -2.03. The summed E-state index contributed by atoms with van der Waals surface area (Å²) >= 11 is 0. The molecule has 2 aliphatic rings. The molecule has 0 aromatic carbocycles. The van der Waals surface area contributed by atoms with Gasteiger partial charge in [-0.1, -0.05) is 0 Å². The Kier molecular flexibility index (Phi) is 10.9. The summed E-state index contributed by atoms with van der Waals surface area (Å²) in [4.78, 5) is 40.6. The maximum absolute atomic E-state index is 13.0. The third kappa shape index (κ3) is 9.79. The van der Waals surface area contributed by atoms with Gasteiger partial charge in [-0.25, -0.2) is 9.59 Å². The minimum Gasteiger partial charge on any atom is -0.469 e. The fraction of sp³-hybridized carbons (Fsp3) is 0.889. The summed E-state index contributed by atoms with van der Waals surface area (Å²) in [5.74, 6) is 0.0897. The van der Waals surface area contributed by atoms with Crippen LogP contribution in [0.3, 0.4) is 0 Å². The van der Waals surface area contributed by atoms with Gasteiger partial charge in [0.05, 0.1) is 19.6 Å². The molecule has 0 aromatic rings. The molecular formula is C27H48N2O7. The Bertz CT molecular complexity index is 727. The molecule has 0 unspecified atom stereocenters. The van der Waals surface area contributed by atoms with E-state index >= 15 is 0 Å². The van der Waals surface area contributed by atoms with Crippen LogP contribution in [0.25, 0.3) is 0 Å². The fourth-order valence-electron chi connectivity index (χ4n) is 4.92. The van der Waals surface area contributed by atoms with E-state index in [4.69, 9.17) is 18.9 Å². The van der Waals surface area contributed by atoms with E-state index in [1.165, 1.54) is 7.11 Å². The van der Waals surface area contributed by atoms with Crippen LogP contribution in [0.2, 0.25) is 0 Å². The van der Waals surface area contributed by atoms with Gasteiger partial charge in [-0.3, -0.25) is 9.69 Å². The molecule has 9 heteroatoms. The van der Waals surface area contributed by atoms with Crippen LogP contribution >= 0.6 is 0 Å². The topological polar surface area (TPSA) is 94.6 Å². The number of rotatable bonds is 7. The van der Waals surface area contributed by atoms with Crippen LogP contribution in [-0.4, -0.2) is 78.7 Å². The number of nitrogens with zero attached hydrogens (tertiary/aromatic N) is 2. The number of carbonyl (C=O) groups is 3. The van der Waals surface area contributed by atoms with E-state index in [-0.39, 0.29) is 42.9 Å². The molecule has 0 radical (unpaired) electrons. The summed E-state index contributed by atoms with van der Waals surface area (Å²) in [6.07, 6.45) is 5.84. The van der Waals surface area contributed by atoms with E-state index in [1.54, 1.807) is 9.80 Å². The van der Waals surface area contributed by atoms with Gasteiger partial charge in [0.25, 0.3) is 0 Å². The number of methoxy groups -OCH3 is 1. The summed E-state index contributed by atoms with van der Waals surface area (Å²) in [5.41, 5.74) is -1.11. The monoisotopic (exact) mass is 512 g/mol. The molecule has 208 valence electrons. The molecule has 9 nitrogen and oxygen atoms in total. The zero-order valence-corrected chi connectivity index (χ0v) is 23.6. The quantitative estimate of drug-likeness (QED) is 0.258. The summed E-state index contributed by atoms with van der Waals surface area (Å²) in [7, 11) is 3.22. The normalized spacial score (nSPS) is 25.0. The Morgan fingerprint density at radius 1 is 0.750 bits per heavy atom. The molecular weight excluding hydrogens is 464 g/mol. The van der Waals surface area contributed by atoms with E-state index in [2.05, 4.69) is 0 Å². The van der Waals surface area contributed by atoms with E-state index in [0.717, 1.165) is 25.7 Å². The first kappa shape index (κ1) is 30.2. The highest BCUT2D eigenvalue weighted by molar-refractivity contribution is 5.72. The molecule has 2 saturated carbocycles. The minimum absolute atomic E-state index is 0.0287. The molecule has 2 amide bonds. The van der Waals surface area contributed by atoms with E-state index in [9.17, 15) is 14.4 Å². The molecule has 0 bridgehead atoms. The van der Waals surface area contributed by atoms with Crippen LogP contribution in [0.15, 0.2) is 0 Å². The highest BCUT2D eigenvalue weighted by Gasteiger charge is 2.35. The molecule has 2 aliphatic carbocycles. The van der Waals surface area contributed by atoms with Crippen molar-refractivity contribution in [1.82, 2.24) is 9.80 Å². The van der Waals surface area contributed by atoms with Crippen LogP contribution in [0.1, 0.15) is 92.9 Å². The zero-order chi connectivity index (χ0) is 27.1. The lowest BCUT2D eigenvalue weighted by Crippen LogP contribution is -2.47. The van der Waals surface area contributed by atoms with Crippen molar-refractivity contribution in [1.29, 1.82) is 0 Å². The molecule has 36 heavy (non-hydrogen) atoms. The maximum atomic E-state index is 13.0. The second kappa shape index (κ2) is 13.0. The summed E-state index contributed by atoms with van der Waals surface area (Å²) < 4.78 is 22.1. The third-order valence-electron chi connectivity index (χ3n) is 6.93. The molecule has 0 aliphatic heterocycles. The molecule has 2 rings (SSSR count). The van der Waals surface area contributed by atoms with E-state index in [1.807, 2.05) is 48.6 Å². The third-order valence-corrected chi connectivity index (χ3v) is 6.93. The van der Waals surface area contributed by atoms with E-state index in [0.29, 0.717) is 38.2 Å². The molecule has 0 saturated heterocycles. The second-order valence-electron chi connectivity index (χ2n) is 12.2. The van der Waals surface area contributed by atoms with Gasteiger partial charge in [-0.2, -0.15) is 0 Å². The SMILES string of the molecule is COC(=O)[C@H]1CC[C@H](N(COC[C@H]2CC[C@H](N(C)C(=O)OC(C)(C)C)CC2)C(=O)OC(C)(C)C)CC1. The summed E-state index contributed by atoms with van der Waals surface area (Å²) in [6, 6.07) is 0.137. The van der Waals surface area contributed by atoms with E-state index < -0.39 is 11.2 Å². The average Bonchev–Trinajstić information content (AvgIpc) is 2.79. The number of hydrogen-bond donors (Lipinski definition) is 0. The molecule has 0 heterocycles. The standard InChI is InChI=1S/C27H48N2O7/c1-26(2,3)35-24(31)28(7)21-13-9-19(10-14-21)17-34-18-29(25(32)36-27(4,5)6)22-15-11-20(12-16-22)23(30)33-8/h19-22H,9-18H2,1-8H3/t19-,20-,21-,22-. The van der Waals surface area contributed by atoms with Crippen molar-refractivity contribution in [2.24, 2.45) is 11.8 Å². The Morgan fingerprint density at radius 2 is 1.25 bits per heavy atom. The lowest BCUT2D eigenvalue weighted by molar-refractivity contribution is -0.147. The molecule has 0 N–H and O–H groups in total. The number of carbonyl (C=O) groups excluding carboxylic acids is 3. The fourth-order valence-corrected chi connectivity index (χ4v) is 4.92. The largest absolute Gasteiger partial charge is 0.469 e. The molecule has 0 aromatic heterocycles. The predicted molar refractivity (Wildman–Crippen MR) is 136 cm³/mol. The van der Waals surface area contributed by atoms with Gasteiger partial charge in [0, 0.05) is 19.1 Å². The Labute approximate surface area is 217 Å². The number of hydrogen-bond acceptors (Lipinski definition) is 7. The van der Waals surface area contributed by atoms with Crippen LogP contribution in [0, 0.1) is 11.8 Å². The average molecular weight is 513 g/mol. The summed E-state index contributed by atoms with van der Waals surface area (Å²) in [6.45, 7) is 11.9. The van der Waals surface area contributed by atoms with Crippen LogP contribution in [0.5, 0.6) is 0 Å². The van der Waals surface area contributed by atoms with Gasteiger partial charge >= 0.3 is 18.2 Å². The van der Waals surface area contributed by atoms with Gasteiger partial charge < -0.3 is 23.8 Å². The van der Waals surface area contributed by atoms with Crippen LogP contribution in [0.4, 0.5) is 9.59 Å². The predicted octanol–water partition coefficient (Wildman–Crippen LogP) is 5.36. The Morgan fingerprint density at radius 3 is 1.75 bits per heavy atom. The number of ether oxygens (including phenoxy) is 4. The lowest BCUT2D eigenvalue weighted by atomic mass is 9.85. The van der Waals surface area contributed by atoms with Crippen molar-refractivity contribution in [3.05, 3.63) is 0 Å². The van der Waals surface area contributed by atoms with Gasteiger partial charge in [-0.05, 0) is 98.8 Å². The van der Waals surface area contributed by atoms with Gasteiger partial charge in [0.15, 0.2) is 0 Å². The molecule has 0 spiro atoms. The van der Waals surface area contributed by atoms with Gasteiger partial charge in [0.1, 0.15) is 17.9 Å². The van der Waals surface area contributed by atoms with Crippen LogP contribution < -0.4 is 0 Å². The number of amides is 2. The number of esters is 1. The summed E-state index contributed by atoms with van der Waals surface area (Å²) in [5, 5.41) is 0. The first-order chi connectivity index (χ1) is 16.7. The van der Waals surface area contributed by atoms with Crippen molar-refractivity contribution in [3.8, 4) is 0 Å². The van der Waals surface area contributed by atoms with Gasteiger partial charge in [-0.15, -0.1) is 0 Å². The van der Waals surface area contributed by atoms with Crippen molar-refractivity contribution < 1.29 is 33.3 Å². The first-order valence-electron chi connectivity index (χ1n) is 13.3. The van der Waals surface area contributed by atoms with Crippen molar-refractivity contribution in [2.75, 3.05) is 27.5 Å². The van der Waals surface area contributed by atoms with Crippen molar-refractivity contribution >= 4 is 18.2 Å². The lowest BCUT2D eigenvalue weighted by Gasteiger charge is -2.38. The van der Waals surface area contributed by atoms with Crippen molar-refractivity contribution in [3.63, 3.8) is 0 Å². The van der Waals surface area contributed by atoms with Crippen LogP contribution in [-0.2, 0) is 23.7 Å². The van der Waals surface area contributed by atoms with Crippen molar-refractivity contribution in [2.45, 2.75) is 116 Å². The zero-order valence-electron chi connectivity index (χ0n) is 23.6. The highest BCUT2D eigenvalue weighted by atomic mass is 16.6. The minimum atomic E-state index is -0.600. The second-order valence-corrected chi connectivity index (χ2v) is 12.2. The molecule has 2 fully saturated rings. The maximum Gasteiger partial charge on any atom is 0.412 e. The smallest absolute Gasteiger partial charge is 0.412 e. The molecule has 0 atom stereocenters. The first-order valence-corrected chi connectivity index (χ1v) is 13.3.